The van der Waals surface area contributed by atoms with E-state index in [0.717, 1.165) is 56.9 Å². The molecule has 30 heavy (non-hydrogen) atoms. The predicted octanol–water partition coefficient (Wildman–Crippen LogP) is 5.38. The molecule has 7 heteroatoms. The van der Waals surface area contributed by atoms with E-state index in [1.54, 1.807) is 27.7 Å². The number of fused-ring (bicyclic) bond motifs is 3. The summed E-state index contributed by atoms with van der Waals surface area (Å²) in [5, 5.41) is 2.24. The van der Waals surface area contributed by atoms with Crippen LogP contribution >= 0.6 is 34.7 Å². The van der Waals surface area contributed by atoms with E-state index in [1.165, 1.54) is 10.4 Å². The van der Waals surface area contributed by atoms with Gasteiger partial charge in [-0.25, -0.2) is 4.98 Å². The molecule has 0 unspecified atom stereocenters. The Morgan fingerprint density at radius 2 is 1.90 bits per heavy atom. The molecule has 2 aromatic carbocycles. The number of likely N-dealkylation sites (N-methyl/N-ethyl adjacent to an activating group) is 1. The van der Waals surface area contributed by atoms with Crippen molar-refractivity contribution in [1.82, 2.24) is 14.5 Å². The van der Waals surface area contributed by atoms with Gasteiger partial charge in [-0.3, -0.25) is 9.36 Å². The van der Waals surface area contributed by atoms with Crippen LogP contribution < -0.4 is 5.56 Å². The number of benzene rings is 2. The van der Waals surface area contributed by atoms with Crippen LogP contribution in [0.3, 0.4) is 0 Å². The third-order valence-electron chi connectivity index (χ3n) is 5.33. The van der Waals surface area contributed by atoms with E-state index in [4.69, 9.17) is 16.6 Å². The molecule has 2 aromatic heterocycles. The molecule has 0 saturated carbocycles. The maximum absolute atomic E-state index is 13.7. The SMILES string of the molecule is CN1CCc2c(sc3nc(SCc4ccc(Cl)cc4)n(-c4ccccc4)c(=O)c23)C1. The zero-order valence-corrected chi connectivity index (χ0v) is 18.9. The lowest BCUT2D eigenvalue weighted by molar-refractivity contribution is 0.318. The van der Waals surface area contributed by atoms with Crippen molar-refractivity contribution in [3.63, 3.8) is 0 Å². The number of thioether (sulfide) groups is 1. The van der Waals surface area contributed by atoms with Gasteiger partial charge in [0, 0.05) is 28.7 Å². The van der Waals surface area contributed by atoms with Crippen molar-refractivity contribution in [3.05, 3.63) is 86.0 Å². The Morgan fingerprint density at radius 1 is 1.13 bits per heavy atom. The predicted molar refractivity (Wildman–Crippen MR) is 126 cm³/mol. The molecule has 0 saturated heterocycles. The summed E-state index contributed by atoms with van der Waals surface area (Å²) in [4.78, 5) is 23.1. The van der Waals surface area contributed by atoms with Gasteiger partial charge in [0.2, 0.25) is 0 Å². The van der Waals surface area contributed by atoms with Gasteiger partial charge in [-0.1, -0.05) is 53.7 Å². The second kappa shape index (κ2) is 8.19. The number of halogens is 1. The summed E-state index contributed by atoms with van der Waals surface area (Å²) < 4.78 is 1.77. The smallest absolute Gasteiger partial charge is 0.267 e. The maximum atomic E-state index is 13.7. The molecule has 0 N–H and O–H groups in total. The standard InChI is InChI=1S/C23H20ClN3OS2/c1-26-12-11-18-19(13-26)30-21-20(18)22(28)27(17-5-3-2-4-6-17)23(25-21)29-14-15-7-9-16(24)10-8-15/h2-10H,11-14H2,1H3. The monoisotopic (exact) mass is 453 g/mol. The molecule has 0 bridgehead atoms. The van der Waals surface area contributed by atoms with Crippen molar-refractivity contribution < 1.29 is 0 Å². The average molecular weight is 454 g/mol. The summed E-state index contributed by atoms with van der Waals surface area (Å²) in [5.74, 6) is 0.718. The van der Waals surface area contributed by atoms with E-state index < -0.39 is 0 Å². The highest BCUT2D eigenvalue weighted by molar-refractivity contribution is 7.98. The van der Waals surface area contributed by atoms with Crippen LogP contribution in [-0.2, 0) is 18.7 Å². The van der Waals surface area contributed by atoms with Gasteiger partial charge in [0.25, 0.3) is 5.56 Å². The third-order valence-corrected chi connectivity index (χ3v) is 7.70. The minimum absolute atomic E-state index is 0.0341. The van der Waals surface area contributed by atoms with E-state index in [-0.39, 0.29) is 5.56 Å². The normalized spacial score (nSPS) is 14.2. The van der Waals surface area contributed by atoms with Crippen LogP contribution in [0.5, 0.6) is 0 Å². The molecule has 0 spiro atoms. The topological polar surface area (TPSA) is 38.1 Å². The molecule has 0 atom stereocenters. The summed E-state index contributed by atoms with van der Waals surface area (Å²) in [5.41, 5.74) is 3.21. The molecular formula is C23H20ClN3OS2. The molecule has 0 radical (unpaired) electrons. The lowest BCUT2D eigenvalue weighted by Crippen LogP contribution is -2.27. The number of para-hydroxylation sites is 1. The third kappa shape index (κ3) is 3.69. The zero-order valence-electron chi connectivity index (χ0n) is 16.5. The summed E-state index contributed by atoms with van der Waals surface area (Å²) >= 11 is 9.26. The van der Waals surface area contributed by atoms with Crippen molar-refractivity contribution in [2.24, 2.45) is 0 Å². The summed E-state index contributed by atoms with van der Waals surface area (Å²) in [7, 11) is 2.12. The fourth-order valence-electron chi connectivity index (χ4n) is 3.78. The van der Waals surface area contributed by atoms with Gasteiger partial charge in [-0.05, 0) is 48.9 Å². The molecule has 0 aliphatic carbocycles. The molecule has 4 nitrogen and oxygen atoms in total. The highest BCUT2D eigenvalue weighted by Crippen LogP contribution is 2.34. The highest BCUT2D eigenvalue weighted by atomic mass is 35.5. The average Bonchev–Trinajstić information content (AvgIpc) is 3.11. The largest absolute Gasteiger partial charge is 0.301 e. The first-order chi connectivity index (χ1) is 14.6. The fourth-order valence-corrected chi connectivity index (χ4v) is 6.22. The molecule has 0 amide bonds. The number of hydrogen-bond donors (Lipinski definition) is 0. The van der Waals surface area contributed by atoms with Crippen LogP contribution in [0, 0.1) is 0 Å². The van der Waals surface area contributed by atoms with Crippen molar-refractivity contribution in [1.29, 1.82) is 0 Å². The molecule has 1 aliphatic rings. The van der Waals surface area contributed by atoms with Gasteiger partial charge in [0.1, 0.15) is 4.83 Å². The van der Waals surface area contributed by atoms with Crippen LogP contribution in [0.2, 0.25) is 5.02 Å². The van der Waals surface area contributed by atoms with Crippen molar-refractivity contribution in [2.45, 2.75) is 23.9 Å². The number of aromatic nitrogens is 2. The summed E-state index contributed by atoms with van der Waals surface area (Å²) in [6.45, 7) is 1.85. The van der Waals surface area contributed by atoms with Gasteiger partial charge in [0.15, 0.2) is 5.16 Å². The highest BCUT2D eigenvalue weighted by Gasteiger charge is 2.24. The molecule has 3 heterocycles. The minimum Gasteiger partial charge on any atom is -0.301 e. The van der Waals surface area contributed by atoms with E-state index in [2.05, 4.69) is 11.9 Å². The first-order valence-electron chi connectivity index (χ1n) is 9.78. The van der Waals surface area contributed by atoms with Crippen molar-refractivity contribution in [3.8, 4) is 5.69 Å². The van der Waals surface area contributed by atoms with E-state index in [9.17, 15) is 4.79 Å². The fraction of sp³-hybridized carbons (Fsp3) is 0.217. The zero-order chi connectivity index (χ0) is 20.7. The van der Waals surface area contributed by atoms with Gasteiger partial charge >= 0.3 is 0 Å². The van der Waals surface area contributed by atoms with E-state index >= 15 is 0 Å². The second-order valence-electron chi connectivity index (χ2n) is 7.46. The van der Waals surface area contributed by atoms with Crippen molar-refractivity contribution in [2.75, 3.05) is 13.6 Å². The van der Waals surface area contributed by atoms with E-state index in [0.29, 0.717) is 0 Å². The van der Waals surface area contributed by atoms with Crippen LogP contribution in [0.4, 0.5) is 0 Å². The molecular weight excluding hydrogens is 434 g/mol. The lowest BCUT2D eigenvalue weighted by atomic mass is 10.1. The Bertz CT molecular complexity index is 1270. The molecule has 0 fully saturated rings. The molecule has 152 valence electrons. The molecule has 5 rings (SSSR count). The van der Waals surface area contributed by atoms with Crippen LogP contribution in [0.25, 0.3) is 15.9 Å². The van der Waals surface area contributed by atoms with Crippen LogP contribution in [-0.4, -0.2) is 28.0 Å². The number of thiophene rings is 1. The number of hydrogen-bond acceptors (Lipinski definition) is 5. The minimum atomic E-state index is 0.0341. The Balaban J connectivity index is 1.64. The Labute approximate surface area is 188 Å². The Morgan fingerprint density at radius 3 is 2.67 bits per heavy atom. The van der Waals surface area contributed by atoms with Crippen molar-refractivity contribution >= 4 is 44.9 Å². The maximum Gasteiger partial charge on any atom is 0.267 e. The molecule has 1 aliphatic heterocycles. The Hall–Kier alpha value is -2.12. The first kappa shape index (κ1) is 19.8. The van der Waals surface area contributed by atoms with Gasteiger partial charge in [0.05, 0.1) is 11.1 Å². The first-order valence-corrected chi connectivity index (χ1v) is 12.0. The van der Waals surface area contributed by atoms with Crippen LogP contribution in [0.15, 0.2) is 64.5 Å². The number of rotatable bonds is 4. The van der Waals surface area contributed by atoms with Gasteiger partial charge in [-0.15, -0.1) is 11.3 Å². The summed E-state index contributed by atoms with van der Waals surface area (Å²) in [6.07, 6.45) is 0.898. The molecule has 4 aromatic rings. The van der Waals surface area contributed by atoms with Crippen LogP contribution in [0.1, 0.15) is 16.0 Å². The quantitative estimate of drug-likeness (QED) is 0.307. The Kier molecular flexibility index (Phi) is 5.41. The lowest BCUT2D eigenvalue weighted by Gasteiger charge is -2.21. The second-order valence-corrected chi connectivity index (χ2v) is 9.92. The summed E-state index contributed by atoms with van der Waals surface area (Å²) in [6, 6.07) is 17.6. The number of nitrogens with zero attached hydrogens (tertiary/aromatic N) is 3. The van der Waals surface area contributed by atoms with Gasteiger partial charge < -0.3 is 4.90 Å². The van der Waals surface area contributed by atoms with Gasteiger partial charge in [-0.2, -0.15) is 0 Å². The van der Waals surface area contributed by atoms with E-state index in [1.807, 2.05) is 54.6 Å².